The topological polar surface area (TPSA) is 43.8 Å². The van der Waals surface area contributed by atoms with Crippen molar-refractivity contribution in [2.24, 2.45) is 5.73 Å². The van der Waals surface area contributed by atoms with Crippen molar-refractivity contribution in [2.75, 3.05) is 6.54 Å². The van der Waals surface area contributed by atoms with Gasteiger partial charge in [0.1, 0.15) is 0 Å². The second-order valence-corrected chi connectivity index (χ2v) is 5.54. The molecule has 1 unspecified atom stereocenters. The summed E-state index contributed by atoms with van der Waals surface area (Å²) in [6, 6.07) is 2.67. The molecular weight excluding hydrogens is 218 g/mol. The third kappa shape index (κ3) is 3.83. The van der Waals surface area contributed by atoms with Gasteiger partial charge < -0.3 is 5.73 Å². The molecular formula is C12H23N3S. The van der Waals surface area contributed by atoms with Gasteiger partial charge in [0.25, 0.3) is 0 Å². The first-order valence-corrected chi connectivity index (χ1v) is 7.11. The van der Waals surface area contributed by atoms with E-state index in [4.69, 9.17) is 5.73 Å². The Hall–Kier alpha value is -0.480. The molecule has 16 heavy (non-hydrogen) atoms. The molecule has 0 aromatic carbocycles. The fourth-order valence-electron chi connectivity index (χ4n) is 1.62. The van der Waals surface area contributed by atoms with Gasteiger partial charge in [-0.3, -0.25) is 4.68 Å². The van der Waals surface area contributed by atoms with Gasteiger partial charge in [-0.25, -0.2) is 0 Å². The molecule has 2 N–H and O–H groups in total. The Morgan fingerprint density at radius 2 is 2.12 bits per heavy atom. The fraction of sp³-hybridized carbons (Fsp3) is 0.750. The molecule has 0 aliphatic heterocycles. The molecule has 0 amide bonds. The maximum Gasteiger partial charge on any atom is 0.0723 e. The van der Waals surface area contributed by atoms with Gasteiger partial charge in [-0.05, 0) is 18.9 Å². The van der Waals surface area contributed by atoms with Crippen LogP contribution in [0.4, 0.5) is 0 Å². The molecule has 1 rings (SSSR count). The highest BCUT2D eigenvalue weighted by atomic mass is 32.2. The van der Waals surface area contributed by atoms with Gasteiger partial charge in [0.2, 0.25) is 0 Å². The van der Waals surface area contributed by atoms with E-state index in [-0.39, 0.29) is 0 Å². The third-order valence-corrected chi connectivity index (χ3v) is 4.05. The largest absolute Gasteiger partial charge is 0.329 e. The lowest BCUT2D eigenvalue weighted by Gasteiger charge is -2.12. The van der Waals surface area contributed by atoms with Crippen LogP contribution in [-0.2, 0) is 5.75 Å². The molecule has 3 nitrogen and oxygen atoms in total. The Labute approximate surface area is 103 Å². The van der Waals surface area contributed by atoms with E-state index in [2.05, 4.69) is 42.8 Å². The molecule has 0 saturated heterocycles. The van der Waals surface area contributed by atoms with Crippen molar-refractivity contribution in [1.29, 1.82) is 0 Å². The summed E-state index contributed by atoms with van der Waals surface area (Å²) in [5.41, 5.74) is 6.75. The number of thioether (sulfide) groups is 1. The summed E-state index contributed by atoms with van der Waals surface area (Å²) < 4.78 is 2.10. The quantitative estimate of drug-likeness (QED) is 0.798. The van der Waals surface area contributed by atoms with E-state index >= 15 is 0 Å². The first kappa shape index (κ1) is 13.6. The molecule has 0 saturated carbocycles. The number of nitrogens with zero attached hydrogens (tertiary/aromatic N) is 2. The highest BCUT2D eigenvalue weighted by molar-refractivity contribution is 7.99. The summed E-state index contributed by atoms with van der Waals surface area (Å²) in [5.74, 6) is 0.964. The Balaban J connectivity index is 2.51. The standard InChI is InChI=1S/C12H23N3S/c1-4-12(5-2)15-7-6-11(14-15)9-16-10(3)8-13/h6-7,10,12H,4-5,8-9,13H2,1-3H3. The molecule has 0 aliphatic carbocycles. The second-order valence-electron chi connectivity index (χ2n) is 4.11. The van der Waals surface area contributed by atoms with Crippen LogP contribution in [0.25, 0.3) is 0 Å². The maximum atomic E-state index is 5.59. The van der Waals surface area contributed by atoms with E-state index < -0.39 is 0 Å². The van der Waals surface area contributed by atoms with E-state index in [9.17, 15) is 0 Å². The molecule has 1 aromatic heterocycles. The summed E-state index contributed by atoms with van der Waals surface area (Å²) in [6.07, 6.45) is 4.38. The van der Waals surface area contributed by atoms with Crippen LogP contribution < -0.4 is 5.73 Å². The summed E-state index contributed by atoms with van der Waals surface area (Å²) in [4.78, 5) is 0. The Kier molecular flexibility index (Phi) is 5.91. The predicted octanol–water partition coefficient (Wildman–Crippen LogP) is 2.82. The lowest BCUT2D eigenvalue weighted by molar-refractivity contribution is 0.426. The minimum absolute atomic E-state index is 0.512. The highest BCUT2D eigenvalue weighted by Crippen LogP contribution is 2.18. The molecule has 0 spiro atoms. The lowest BCUT2D eigenvalue weighted by Crippen LogP contribution is -2.13. The van der Waals surface area contributed by atoms with Crippen LogP contribution >= 0.6 is 11.8 Å². The molecule has 0 aliphatic rings. The van der Waals surface area contributed by atoms with Gasteiger partial charge >= 0.3 is 0 Å². The van der Waals surface area contributed by atoms with Gasteiger partial charge in [0.15, 0.2) is 0 Å². The number of aromatic nitrogens is 2. The van der Waals surface area contributed by atoms with Crippen molar-refractivity contribution < 1.29 is 0 Å². The average molecular weight is 241 g/mol. The van der Waals surface area contributed by atoms with Crippen molar-refractivity contribution in [3.63, 3.8) is 0 Å². The Morgan fingerprint density at radius 1 is 1.44 bits per heavy atom. The van der Waals surface area contributed by atoms with Crippen molar-refractivity contribution >= 4 is 11.8 Å². The van der Waals surface area contributed by atoms with Crippen molar-refractivity contribution in [1.82, 2.24) is 9.78 Å². The molecule has 4 heteroatoms. The minimum Gasteiger partial charge on any atom is -0.329 e. The second kappa shape index (κ2) is 6.97. The first-order valence-electron chi connectivity index (χ1n) is 6.06. The maximum absolute atomic E-state index is 5.59. The first-order chi connectivity index (χ1) is 7.71. The average Bonchev–Trinajstić information content (AvgIpc) is 2.76. The van der Waals surface area contributed by atoms with Crippen molar-refractivity contribution in [3.05, 3.63) is 18.0 Å². The lowest BCUT2D eigenvalue weighted by atomic mass is 10.2. The molecule has 1 heterocycles. The Bertz CT molecular complexity index is 294. The van der Waals surface area contributed by atoms with Crippen molar-refractivity contribution in [3.8, 4) is 0 Å². The van der Waals surface area contributed by atoms with Gasteiger partial charge in [-0.15, -0.1) is 0 Å². The zero-order chi connectivity index (χ0) is 12.0. The summed E-state index contributed by atoms with van der Waals surface area (Å²) >= 11 is 1.87. The number of hydrogen-bond donors (Lipinski definition) is 1. The van der Waals surface area contributed by atoms with Crippen LogP contribution in [0, 0.1) is 0 Å². The molecule has 1 aromatic rings. The van der Waals surface area contributed by atoms with E-state index in [0.717, 1.165) is 30.8 Å². The Morgan fingerprint density at radius 3 is 2.69 bits per heavy atom. The monoisotopic (exact) mass is 241 g/mol. The van der Waals surface area contributed by atoms with Crippen LogP contribution in [0.1, 0.15) is 45.3 Å². The van der Waals surface area contributed by atoms with Gasteiger partial charge in [-0.2, -0.15) is 16.9 Å². The zero-order valence-electron chi connectivity index (χ0n) is 10.5. The van der Waals surface area contributed by atoms with Crippen molar-refractivity contribution in [2.45, 2.75) is 50.7 Å². The van der Waals surface area contributed by atoms with E-state index in [0.29, 0.717) is 11.3 Å². The molecule has 0 bridgehead atoms. The van der Waals surface area contributed by atoms with Crippen LogP contribution in [0.15, 0.2) is 12.3 Å². The third-order valence-electron chi connectivity index (χ3n) is 2.83. The van der Waals surface area contributed by atoms with Gasteiger partial charge in [-0.1, -0.05) is 20.8 Å². The van der Waals surface area contributed by atoms with Gasteiger partial charge in [0.05, 0.1) is 11.7 Å². The van der Waals surface area contributed by atoms with Crippen LogP contribution in [-0.4, -0.2) is 21.6 Å². The fourth-order valence-corrected chi connectivity index (χ4v) is 2.36. The number of rotatable bonds is 7. The smallest absolute Gasteiger partial charge is 0.0723 e. The molecule has 1 atom stereocenters. The molecule has 0 radical (unpaired) electrons. The van der Waals surface area contributed by atoms with E-state index in [1.807, 2.05) is 11.8 Å². The minimum atomic E-state index is 0.512. The van der Waals surface area contributed by atoms with Gasteiger partial charge in [0, 0.05) is 23.7 Å². The highest BCUT2D eigenvalue weighted by Gasteiger charge is 2.08. The van der Waals surface area contributed by atoms with E-state index in [1.54, 1.807) is 0 Å². The molecule has 92 valence electrons. The van der Waals surface area contributed by atoms with Crippen LogP contribution in [0.2, 0.25) is 0 Å². The predicted molar refractivity (Wildman–Crippen MR) is 71.7 cm³/mol. The molecule has 0 fully saturated rings. The normalized spacial score (nSPS) is 13.3. The summed E-state index contributed by atoms with van der Waals surface area (Å²) in [5, 5.41) is 5.13. The number of nitrogens with two attached hydrogens (primary N) is 1. The SMILES string of the molecule is CCC(CC)n1ccc(CSC(C)CN)n1. The van der Waals surface area contributed by atoms with E-state index in [1.165, 1.54) is 0 Å². The zero-order valence-corrected chi connectivity index (χ0v) is 11.3. The summed E-state index contributed by atoms with van der Waals surface area (Å²) in [7, 11) is 0. The van der Waals surface area contributed by atoms with Crippen LogP contribution in [0.5, 0.6) is 0 Å². The summed E-state index contributed by atoms with van der Waals surface area (Å²) in [6.45, 7) is 7.31. The van der Waals surface area contributed by atoms with Crippen LogP contribution in [0.3, 0.4) is 0 Å². The number of hydrogen-bond acceptors (Lipinski definition) is 3.